The summed E-state index contributed by atoms with van der Waals surface area (Å²) in [5, 5.41) is 3.69. The number of aromatic nitrogens is 1. The standard InChI is InChI=1S/C12H10N2O2/c15-12-14-7-11(16-12)9-5-8-3-1-2-4-10(8)13-6-9/h1-6,11H,7H2,(H,14,15). The number of nitrogens with zero attached hydrogens (tertiary/aromatic N) is 1. The van der Waals surface area contributed by atoms with Gasteiger partial charge in [0, 0.05) is 17.1 Å². The fourth-order valence-electron chi connectivity index (χ4n) is 1.84. The van der Waals surface area contributed by atoms with E-state index in [-0.39, 0.29) is 12.2 Å². The minimum atomic E-state index is -0.363. The van der Waals surface area contributed by atoms with Gasteiger partial charge in [0.2, 0.25) is 0 Å². The van der Waals surface area contributed by atoms with Crippen LogP contribution in [-0.4, -0.2) is 17.6 Å². The van der Waals surface area contributed by atoms with Gasteiger partial charge in [-0.25, -0.2) is 4.79 Å². The maximum absolute atomic E-state index is 10.9. The molecule has 1 amide bonds. The number of rotatable bonds is 1. The van der Waals surface area contributed by atoms with Crippen molar-refractivity contribution in [2.45, 2.75) is 6.10 Å². The monoisotopic (exact) mass is 214 g/mol. The molecule has 1 unspecified atom stereocenters. The summed E-state index contributed by atoms with van der Waals surface area (Å²) in [6.07, 6.45) is 1.18. The summed E-state index contributed by atoms with van der Waals surface area (Å²) in [6, 6.07) is 9.88. The van der Waals surface area contributed by atoms with Gasteiger partial charge in [-0.05, 0) is 12.1 Å². The van der Waals surface area contributed by atoms with E-state index in [0.717, 1.165) is 16.5 Å². The molecule has 0 aliphatic carbocycles. The van der Waals surface area contributed by atoms with Crippen LogP contribution in [0.4, 0.5) is 4.79 Å². The molecule has 16 heavy (non-hydrogen) atoms. The molecule has 1 fully saturated rings. The number of cyclic esters (lactones) is 1. The molecule has 0 radical (unpaired) electrons. The van der Waals surface area contributed by atoms with Gasteiger partial charge in [-0.3, -0.25) is 4.98 Å². The Kier molecular flexibility index (Phi) is 1.99. The van der Waals surface area contributed by atoms with Gasteiger partial charge in [0.25, 0.3) is 0 Å². The van der Waals surface area contributed by atoms with Crippen LogP contribution in [0.2, 0.25) is 0 Å². The van der Waals surface area contributed by atoms with E-state index >= 15 is 0 Å². The second kappa shape index (κ2) is 3.48. The van der Waals surface area contributed by atoms with Crippen molar-refractivity contribution < 1.29 is 9.53 Å². The molecule has 1 aliphatic rings. The lowest BCUT2D eigenvalue weighted by Gasteiger charge is -2.08. The van der Waals surface area contributed by atoms with Crippen molar-refractivity contribution in [3.63, 3.8) is 0 Å². The van der Waals surface area contributed by atoms with Gasteiger partial charge in [-0.2, -0.15) is 0 Å². The number of carbonyl (C=O) groups excluding carboxylic acids is 1. The van der Waals surface area contributed by atoms with Gasteiger partial charge >= 0.3 is 6.09 Å². The highest BCUT2D eigenvalue weighted by atomic mass is 16.6. The third-order valence-corrected chi connectivity index (χ3v) is 2.66. The molecule has 1 aromatic carbocycles. The van der Waals surface area contributed by atoms with Crippen LogP contribution in [-0.2, 0) is 4.74 Å². The fraction of sp³-hybridized carbons (Fsp3) is 0.167. The third-order valence-electron chi connectivity index (χ3n) is 2.66. The lowest BCUT2D eigenvalue weighted by Crippen LogP contribution is -2.12. The van der Waals surface area contributed by atoms with E-state index in [4.69, 9.17) is 4.74 Å². The van der Waals surface area contributed by atoms with E-state index in [2.05, 4.69) is 10.3 Å². The van der Waals surface area contributed by atoms with E-state index in [9.17, 15) is 4.79 Å². The highest BCUT2D eigenvalue weighted by Gasteiger charge is 2.24. The molecule has 0 spiro atoms. The van der Waals surface area contributed by atoms with Crippen molar-refractivity contribution in [3.05, 3.63) is 42.1 Å². The number of amides is 1. The Hall–Kier alpha value is -2.10. The van der Waals surface area contributed by atoms with E-state index in [1.165, 1.54) is 0 Å². The smallest absolute Gasteiger partial charge is 0.407 e. The van der Waals surface area contributed by atoms with Gasteiger partial charge in [0.15, 0.2) is 0 Å². The maximum atomic E-state index is 10.9. The summed E-state index contributed by atoms with van der Waals surface area (Å²) in [5.74, 6) is 0. The lowest BCUT2D eigenvalue weighted by atomic mass is 10.1. The summed E-state index contributed by atoms with van der Waals surface area (Å²) in [5.41, 5.74) is 1.88. The summed E-state index contributed by atoms with van der Waals surface area (Å²) < 4.78 is 5.11. The summed E-state index contributed by atoms with van der Waals surface area (Å²) >= 11 is 0. The first-order valence-electron chi connectivity index (χ1n) is 5.12. The molecule has 1 atom stereocenters. The van der Waals surface area contributed by atoms with Crippen molar-refractivity contribution in [3.8, 4) is 0 Å². The number of nitrogens with one attached hydrogen (secondary N) is 1. The van der Waals surface area contributed by atoms with Crippen LogP contribution >= 0.6 is 0 Å². The van der Waals surface area contributed by atoms with Crippen LogP contribution in [0.1, 0.15) is 11.7 Å². The van der Waals surface area contributed by atoms with Crippen LogP contribution in [0, 0.1) is 0 Å². The quantitative estimate of drug-likeness (QED) is 0.790. The lowest BCUT2D eigenvalue weighted by molar-refractivity contribution is 0.141. The molecule has 4 nitrogen and oxygen atoms in total. The van der Waals surface area contributed by atoms with Crippen molar-refractivity contribution in [2.75, 3.05) is 6.54 Å². The summed E-state index contributed by atoms with van der Waals surface area (Å²) in [4.78, 5) is 15.3. The number of carbonyl (C=O) groups is 1. The number of alkyl carbamates (subject to hydrolysis) is 1. The van der Waals surface area contributed by atoms with Crippen molar-refractivity contribution >= 4 is 17.0 Å². The molecule has 80 valence electrons. The molecule has 0 bridgehead atoms. The van der Waals surface area contributed by atoms with Gasteiger partial charge < -0.3 is 10.1 Å². The summed E-state index contributed by atoms with van der Waals surface area (Å²) in [7, 11) is 0. The molecule has 1 aliphatic heterocycles. The van der Waals surface area contributed by atoms with Crippen LogP contribution < -0.4 is 5.32 Å². The Morgan fingerprint density at radius 3 is 3.06 bits per heavy atom. The van der Waals surface area contributed by atoms with Gasteiger partial charge in [-0.15, -0.1) is 0 Å². The van der Waals surface area contributed by atoms with Gasteiger partial charge in [0.1, 0.15) is 6.10 Å². The number of para-hydroxylation sites is 1. The van der Waals surface area contributed by atoms with Crippen LogP contribution in [0.3, 0.4) is 0 Å². The predicted octanol–water partition coefficient (Wildman–Crippen LogP) is 2.02. The zero-order valence-electron chi connectivity index (χ0n) is 8.51. The fourth-order valence-corrected chi connectivity index (χ4v) is 1.84. The number of pyridine rings is 1. The topological polar surface area (TPSA) is 51.2 Å². The molecule has 3 rings (SSSR count). The Bertz CT molecular complexity index is 553. The first kappa shape index (κ1) is 9.15. The highest BCUT2D eigenvalue weighted by molar-refractivity contribution is 5.79. The Balaban J connectivity index is 2.02. The van der Waals surface area contributed by atoms with E-state index < -0.39 is 0 Å². The molecule has 2 aromatic rings. The van der Waals surface area contributed by atoms with E-state index in [1.807, 2.05) is 30.3 Å². The molecular formula is C12H10N2O2. The zero-order valence-corrected chi connectivity index (χ0v) is 8.51. The number of fused-ring (bicyclic) bond motifs is 1. The molecule has 1 N–H and O–H groups in total. The second-order valence-corrected chi connectivity index (χ2v) is 3.74. The minimum absolute atomic E-state index is 0.218. The van der Waals surface area contributed by atoms with E-state index in [1.54, 1.807) is 6.20 Å². The predicted molar refractivity (Wildman–Crippen MR) is 59.0 cm³/mol. The zero-order chi connectivity index (χ0) is 11.0. The Morgan fingerprint density at radius 2 is 2.25 bits per heavy atom. The molecule has 2 heterocycles. The average molecular weight is 214 g/mol. The number of hydrogen-bond donors (Lipinski definition) is 1. The molecule has 0 saturated carbocycles. The van der Waals surface area contributed by atoms with Crippen molar-refractivity contribution in [2.24, 2.45) is 0 Å². The molecule has 1 aromatic heterocycles. The second-order valence-electron chi connectivity index (χ2n) is 3.74. The first-order valence-corrected chi connectivity index (χ1v) is 5.12. The Morgan fingerprint density at radius 1 is 1.38 bits per heavy atom. The molecule has 1 saturated heterocycles. The molecular weight excluding hydrogens is 204 g/mol. The normalized spacial score (nSPS) is 19.5. The number of hydrogen-bond acceptors (Lipinski definition) is 3. The summed E-state index contributed by atoms with van der Waals surface area (Å²) in [6.45, 7) is 0.513. The van der Waals surface area contributed by atoms with Crippen LogP contribution in [0.15, 0.2) is 36.5 Å². The van der Waals surface area contributed by atoms with Crippen molar-refractivity contribution in [1.82, 2.24) is 10.3 Å². The number of ether oxygens (including phenoxy) is 1. The number of benzene rings is 1. The van der Waals surface area contributed by atoms with E-state index in [0.29, 0.717) is 6.54 Å². The van der Waals surface area contributed by atoms with Crippen LogP contribution in [0.5, 0.6) is 0 Å². The Labute approximate surface area is 92.2 Å². The first-order chi connectivity index (χ1) is 7.83. The molecule has 4 heteroatoms. The van der Waals surface area contributed by atoms with Gasteiger partial charge in [0.05, 0.1) is 12.1 Å². The third kappa shape index (κ3) is 1.48. The maximum Gasteiger partial charge on any atom is 0.407 e. The van der Waals surface area contributed by atoms with Gasteiger partial charge in [-0.1, -0.05) is 18.2 Å². The SMILES string of the molecule is O=C1NCC(c2cnc3ccccc3c2)O1. The largest absolute Gasteiger partial charge is 0.439 e. The van der Waals surface area contributed by atoms with Crippen LogP contribution in [0.25, 0.3) is 10.9 Å². The minimum Gasteiger partial charge on any atom is -0.439 e. The average Bonchev–Trinajstić information content (AvgIpc) is 2.75. The van der Waals surface area contributed by atoms with Crippen molar-refractivity contribution in [1.29, 1.82) is 0 Å². The highest BCUT2D eigenvalue weighted by Crippen LogP contribution is 2.23.